The minimum atomic E-state index is -3.51. The number of amides is 1. The number of nitrogens with zero attached hydrogens (tertiary/aromatic N) is 3. The van der Waals surface area contributed by atoms with Crippen LogP contribution in [-0.4, -0.2) is 61.8 Å². The number of ether oxygens (including phenoxy) is 1. The molecule has 0 bridgehead atoms. The van der Waals surface area contributed by atoms with Crippen molar-refractivity contribution in [2.75, 3.05) is 27.2 Å². The Hall–Kier alpha value is -2.97. The summed E-state index contributed by atoms with van der Waals surface area (Å²) in [4.78, 5) is 19.2. The predicted molar refractivity (Wildman–Crippen MR) is 119 cm³/mol. The van der Waals surface area contributed by atoms with Crippen LogP contribution in [0.3, 0.4) is 0 Å². The number of hydrogen-bond acceptors (Lipinski definition) is 5. The summed E-state index contributed by atoms with van der Waals surface area (Å²) in [7, 11) is -0.548. The van der Waals surface area contributed by atoms with Crippen LogP contribution in [0.1, 0.15) is 23.2 Å². The van der Waals surface area contributed by atoms with E-state index in [4.69, 9.17) is 4.74 Å². The number of rotatable bonds is 5. The van der Waals surface area contributed by atoms with Crippen LogP contribution >= 0.6 is 0 Å². The van der Waals surface area contributed by atoms with Crippen LogP contribution < -0.4 is 4.74 Å². The first-order chi connectivity index (χ1) is 14.9. The SMILES string of the molecule is CN(C)S(=O)(=O)c1ccc(C(=O)N2CCC(Oc3cccc4cccnc34)CC2)cc1. The number of pyridine rings is 1. The zero-order valence-corrected chi connectivity index (χ0v) is 18.4. The summed E-state index contributed by atoms with van der Waals surface area (Å²) >= 11 is 0. The van der Waals surface area contributed by atoms with E-state index >= 15 is 0 Å². The molecule has 162 valence electrons. The Labute approximate surface area is 182 Å². The Morgan fingerprint density at radius 2 is 1.71 bits per heavy atom. The number of fused-ring (bicyclic) bond motifs is 1. The minimum Gasteiger partial charge on any atom is -0.488 e. The smallest absolute Gasteiger partial charge is 0.253 e. The molecule has 31 heavy (non-hydrogen) atoms. The summed E-state index contributed by atoms with van der Waals surface area (Å²) < 4.78 is 31.7. The van der Waals surface area contributed by atoms with Crippen molar-refractivity contribution in [2.45, 2.75) is 23.8 Å². The maximum absolute atomic E-state index is 12.8. The van der Waals surface area contributed by atoms with Crippen LogP contribution in [0, 0.1) is 0 Å². The highest BCUT2D eigenvalue weighted by atomic mass is 32.2. The largest absolute Gasteiger partial charge is 0.488 e. The van der Waals surface area contributed by atoms with Crippen LogP contribution in [-0.2, 0) is 10.0 Å². The number of aromatic nitrogens is 1. The quantitative estimate of drug-likeness (QED) is 0.610. The number of likely N-dealkylation sites (tertiary alicyclic amines) is 1. The Morgan fingerprint density at radius 1 is 1.03 bits per heavy atom. The summed E-state index contributed by atoms with van der Waals surface area (Å²) in [5.74, 6) is 0.666. The average molecular weight is 440 g/mol. The molecule has 2 aromatic carbocycles. The lowest BCUT2D eigenvalue weighted by atomic mass is 10.1. The van der Waals surface area contributed by atoms with Gasteiger partial charge in [-0.05, 0) is 36.4 Å². The second-order valence-electron chi connectivity index (χ2n) is 7.75. The normalized spacial score (nSPS) is 15.4. The van der Waals surface area contributed by atoms with Gasteiger partial charge >= 0.3 is 0 Å². The zero-order chi connectivity index (χ0) is 22.0. The molecule has 0 atom stereocenters. The first kappa shape index (κ1) is 21.3. The van der Waals surface area contributed by atoms with Crippen LogP contribution in [0.4, 0.5) is 0 Å². The van der Waals surface area contributed by atoms with Crippen molar-refractivity contribution < 1.29 is 17.9 Å². The maximum Gasteiger partial charge on any atom is 0.253 e. The lowest BCUT2D eigenvalue weighted by Gasteiger charge is -2.32. The number of sulfonamides is 1. The van der Waals surface area contributed by atoms with Gasteiger partial charge in [0.2, 0.25) is 10.0 Å². The molecule has 2 heterocycles. The average Bonchev–Trinajstić information content (AvgIpc) is 2.79. The molecule has 0 saturated carbocycles. The van der Waals surface area contributed by atoms with Crippen molar-refractivity contribution in [3.63, 3.8) is 0 Å². The number of piperidine rings is 1. The molecule has 0 aliphatic carbocycles. The molecule has 1 aliphatic heterocycles. The van der Waals surface area contributed by atoms with E-state index in [0.717, 1.165) is 33.8 Å². The van der Waals surface area contributed by atoms with Gasteiger partial charge in [0.25, 0.3) is 5.91 Å². The molecular formula is C23H25N3O4S. The molecule has 1 fully saturated rings. The highest BCUT2D eigenvalue weighted by molar-refractivity contribution is 7.89. The molecule has 0 unspecified atom stereocenters. The van der Waals surface area contributed by atoms with Gasteiger partial charge in [0.1, 0.15) is 17.4 Å². The van der Waals surface area contributed by atoms with Crippen molar-refractivity contribution >= 4 is 26.8 Å². The van der Waals surface area contributed by atoms with Crippen LogP contribution in [0.5, 0.6) is 5.75 Å². The minimum absolute atomic E-state index is 0.0178. The van der Waals surface area contributed by atoms with E-state index in [2.05, 4.69) is 4.98 Å². The van der Waals surface area contributed by atoms with Crippen LogP contribution in [0.15, 0.2) is 65.7 Å². The summed E-state index contributed by atoms with van der Waals surface area (Å²) in [5, 5.41) is 1.03. The molecule has 4 rings (SSSR count). The summed E-state index contributed by atoms with van der Waals surface area (Å²) in [6, 6.07) is 15.9. The van der Waals surface area contributed by atoms with E-state index in [9.17, 15) is 13.2 Å². The number of carbonyl (C=O) groups excluding carboxylic acids is 1. The van der Waals surface area contributed by atoms with Crippen molar-refractivity contribution in [2.24, 2.45) is 0 Å². The van der Waals surface area contributed by atoms with E-state index in [1.165, 1.54) is 26.2 Å². The number of carbonyl (C=O) groups is 1. The summed E-state index contributed by atoms with van der Waals surface area (Å²) in [6.45, 7) is 1.17. The van der Waals surface area contributed by atoms with Crippen molar-refractivity contribution in [3.05, 3.63) is 66.4 Å². The van der Waals surface area contributed by atoms with Crippen molar-refractivity contribution in [1.82, 2.24) is 14.2 Å². The molecular weight excluding hydrogens is 414 g/mol. The van der Waals surface area contributed by atoms with Gasteiger partial charge in [0.05, 0.1) is 4.90 Å². The molecule has 1 amide bonds. The molecule has 0 spiro atoms. The fourth-order valence-electron chi connectivity index (χ4n) is 3.69. The summed E-state index contributed by atoms with van der Waals surface area (Å²) in [6.07, 6.45) is 3.22. The number of para-hydroxylation sites is 1. The fraction of sp³-hybridized carbons (Fsp3) is 0.304. The second-order valence-corrected chi connectivity index (χ2v) is 9.90. The second kappa shape index (κ2) is 8.64. The van der Waals surface area contributed by atoms with Gasteiger partial charge in [-0.3, -0.25) is 9.78 Å². The monoisotopic (exact) mass is 439 g/mol. The van der Waals surface area contributed by atoms with Gasteiger partial charge < -0.3 is 9.64 Å². The third kappa shape index (κ3) is 4.40. The predicted octanol–water partition coefficient (Wildman–Crippen LogP) is 3.17. The maximum atomic E-state index is 12.8. The molecule has 0 radical (unpaired) electrons. The van der Waals surface area contributed by atoms with Crippen molar-refractivity contribution in [1.29, 1.82) is 0 Å². The van der Waals surface area contributed by atoms with Gasteiger partial charge in [-0.25, -0.2) is 12.7 Å². The van der Waals surface area contributed by atoms with Gasteiger partial charge in [0, 0.05) is 57.2 Å². The van der Waals surface area contributed by atoms with E-state index in [-0.39, 0.29) is 16.9 Å². The van der Waals surface area contributed by atoms with Crippen molar-refractivity contribution in [3.8, 4) is 5.75 Å². The number of hydrogen-bond donors (Lipinski definition) is 0. The first-order valence-electron chi connectivity index (χ1n) is 10.2. The molecule has 1 aliphatic rings. The Bertz CT molecular complexity index is 1180. The Morgan fingerprint density at radius 3 is 2.39 bits per heavy atom. The molecule has 8 heteroatoms. The summed E-state index contributed by atoms with van der Waals surface area (Å²) in [5.41, 5.74) is 1.33. The molecule has 7 nitrogen and oxygen atoms in total. The van der Waals surface area contributed by atoms with E-state index in [1.54, 1.807) is 23.2 Å². The Kier molecular flexibility index (Phi) is 5.93. The molecule has 0 N–H and O–H groups in total. The zero-order valence-electron chi connectivity index (χ0n) is 17.6. The topological polar surface area (TPSA) is 79.8 Å². The van der Waals surface area contributed by atoms with Gasteiger partial charge in [-0.1, -0.05) is 18.2 Å². The molecule has 3 aromatic rings. The van der Waals surface area contributed by atoms with E-state index < -0.39 is 10.0 Å². The van der Waals surface area contributed by atoms with Gasteiger partial charge in [-0.15, -0.1) is 0 Å². The number of benzene rings is 2. The Balaban J connectivity index is 1.39. The molecule has 1 aromatic heterocycles. The third-order valence-corrected chi connectivity index (χ3v) is 7.33. The fourth-order valence-corrected chi connectivity index (χ4v) is 4.59. The van der Waals surface area contributed by atoms with Crippen LogP contribution in [0.25, 0.3) is 10.9 Å². The lowest BCUT2D eigenvalue weighted by Crippen LogP contribution is -2.41. The molecule has 1 saturated heterocycles. The van der Waals surface area contributed by atoms with E-state index in [0.29, 0.717) is 18.7 Å². The standard InChI is InChI=1S/C23H25N3O4S/c1-25(2)31(28,29)20-10-8-18(9-11-20)23(27)26-15-12-19(13-16-26)30-21-7-3-5-17-6-4-14-24-22(17)21/h3-11,14,19H,12-13,15-16H2,1-2H3. The van der Waals surface area contributed by atoms with Crippen LogP contribution in [0.2, 0.25) is 0 Å². The van der Waals surface area contributed by atoms with E-state index in [1.807, 2.05) is 30.3 Å². The third-order valence-electron chi connectivity index (χ3n) is 5.50. The van der Waals surface area contributed by atoms with Gasteiger partial charge in [-0.2, -0.15) is 0 Å². The van der Waals surface area contributed by atoms with Gasteiger partial charge in [0.15, 0.2) is 0 Å². The lowest BCUT2D eigenvalue weighted by molar-refractivity contribution is 0.0597. The highest BCUT2D eigenvalue weighted by Crippen LogP contribution is 2.27. The highest BCUT2D eigenvalue weighted by Gasteiger charge is 2.26. The first-order valence-corrected chi connectivity index (χ1v) is 11.6.